The lowest BCUT2D eigenvalue weighted by Gasteiger charge is -2.35. The Kier molecular flexibility index (Phi) is 5.64. The summed E-state index contributed by atoms with van der Waals surface area (Å²) in [6.07, 6.45) is 2.71. The van der Waals surface area contributed by atoms with Gasteiger partial charge in [-0.05, 0) is 23.8 Å². The molecular weight excluding hydrogens is 392 g/mol. The number of anilines is 1. The molecule has 0 spiro atoms. The van der Waals surface area contributed by atoms with Gasteiger partial charge in [0.15, 0.2) is 9.84 Å². The first-order valence-electron chi connectivity index (χ1n) is 8.31. The van der Waals surface area contributed by atoms with Crippen LogP contribution in [0, 0.1) is 10.1 Å². The zero-order valence-electron chi connectivity index (χ0n) is 14.7. The fourth-order valence-electron chi connectivity index (χ4n) is 3.15. The van der Waals surface area contributed by atoms with E-state index < -0.39 is 14.8 Å². The van der Waals surface area contributed by atoms with Crippen LogP contribution in [0.2, 0.25) is 5.15 Å². The van der Waals surface area contributed by atoms with Gasteiger partial charge in [-0.2, -0.15) is 0 Å². The number of benzene rings is 1. The SMILES string of the molecule is CS(=O)(=O)c1cccc(N2CCN(Cc3ccc(Cl)nc3)CC2)c1[N+](=O)[O-]. The molecule has 2 heterocycles. The van der Waals surface area contributed by atoms with E-state index in [1.54, 1.807) is 24.4 Å². The number of rotatable bonds is 5. The molecule has 1 aromatic heterocycles. The molecule has 27 heavy (non-hydrogen) atoms. The zero-order chi connectivity index (χ0) is 19.6. The van der Waals surface area contributed by atoms with E-state index in [9.17, 15) is 18.5 Å². The van der Waals surface area contributed by atoms with Crippen LogP contribution in [0.5, 0.6) is 0 Å². The minimum absolute atomic E-state index is 0.250. The summed E-state index contributed by atoms with van der Waals surface area (Å²) >= 11 is 5.80. The first-order chi connectivity index (χ1) is 12.8. The Morgan fingerprint density at radius 3 is 2.44 bits per heavy atom. The van der Waals surface area contributed by atoms with Gasteiger partial charge in [0.2, 0.25) is 0 Å². The van der Waals surface area contributed by atoms with Gasteiger partial charge in [-0.15, -0.1) is 0 Å². The summed E-state index contributed by atoms with van der Waals surface area (Å²) in [5.41, 5.74) is 1.03. The van der Waals surface area contributed by atoms with Crippen molar-refractivity contribution >= 4 is 32.8 Å². The van der Waals surface area contributed by atoms with Crippen molar-refractivity contribution in [3.05, 3.63) is 57.4 Å². The highest BCUT2D eigenvalue weighted by molar-refractivity contribution is 7.90. The van der Waals surface area contributed by atoms with Gasteiger partial charge < -0.3 is 4.90 Å². The molecular formula is C17H19ClN4O4S. The second-order valence-corrected chi connectivity index (χ2v) is 8.78. The summed E-state index contributed by atoms with van der Waals surface area (Å²) in [5.74, 6) is 0. The smallest absolute Gasteiger partial charge is 0.311 e. The van der Waals surface area contributed by atoms with E-state index in [-0.39, 0.29) is 10.6 Å². The molecule has 0 atom stereocenters. The fourth-order valence-corrected chi connectivity index (χ4v) is 4.12. The maximum absolute atomic E-state index is 11.9. The minimum Gasteiger partial charge on any atom is -0.363 e. The Morgan fingerprint density at radius 2 is 1.89 bits per heavy atom. The summed E-state index contributed by atoms with van der Waals surface area (Å²) in [4.78, 5) is 18.8. The van der Waals surface area contributed by atoms with E-state index in [2.05, 4.69) is 9.88 Å². The van der Waals surface area contributed by atoms with Gasteiger partial charge in [-0.1, -0.05) is 23.7 Å². The number of nitro groups is 1. The molecule has 0 aliphatic carbocycles. The molecule has 0 radical (unpaired) electrons. The normalized spacial score (nSPS) is 15.7. The standard InChI is InChI=1S/C17H19ClN4O4S/c1-27(25,26)15-4-2-3-14(17(15)22(23)24)21-9-7-20(8-10-21)12-13-5-6-16(18)19-11-13/h2-6,11H,7-10,12H2,1H3. The third kappa shape index (κ3) is 4.55. The van der Waals surface area contributed by atoms with Crippen molar-refractivity contribution in [3.8, 4) is 0 Å². The van der Waals surface area contributed by atoms with Crippen molar-refractivity contribution in [3.63, 3.8) is 0 Å². The molecule has 8 nitrogen and oxygen atoms in total. The lowest BCUT2D eigenvalue weighted by molar-refractivity contribution is -0.387. The fraction of sp³-hybridized carbons (Fsp3) is 0.353. The molecule has 1 aliphatic rings. The number of nitrogens with zero attached hydrogens (tertiary/aromatic N) is 4. The molecule has 1 aliphatic heterocycles. The zero-order valence-corrected chi connectivity index (χ0v) is 16.3. The van der Waals surface area contributed by atoms with Gasteiger partial charge in [0.1, 0.15) is 15.7 Å². The first kappa shape index (κ1) is 19.5. The van der Waals surface area contributed by atoms with E-state index >= 15 is 0 Å². The van der Waals surface area contributed by atoms with E-state index in [1.807, 2.05) is 11.0 Å². The molecule has 10 heteroatoms. The van der Waals surface area contributed by atoms with Crippen molar-refractivity contribution in [2.75, 3.05) is 37.3 Å². The van der Waals surface area contributed by atoms with E-state index in [0.717, 1.165) is 11.8 Å². The molecule has 0 amide bonds. The number of hydrogen-bond acceptors (Lipinski definition) is 7. The van der Waals surface area contributed by atoms with Gasteiger partial charge in [-0.25, -0.2) is 13.4 Å². The van der Waals surface area contributed by atoms with Crippen LogP contribution in [0.1, 0.15) is 5.56 Å². The Hall–Kier alpha value is -2.23. The largest absolute Gasteiger partial charge is 0.363 e. The van der Waals surface area contributed by atoms with Crippen LogP contribution in [0.3, 0.4) is 0 Å². The molecule has 0 N–H and O–H groups in total. The summed E-state index contributed by atoms with van der Waals surface area (Å²) in [5, 5.41) is 12.0. The highest BCUT2D eigenvalue weighted by Crippen LogP contribution is 2.35. The summed E-state index contributed by atoms with van der Waals surface area (Å²) < 4.78 is 23.9. The van der Waals surface area contributed by atoms with Crippen LogP contribution >= 0.6 is 11.6 Å². The number of piperazine rings is 1. The van der Waals surface area contributed by atoms with E-state index in [4.69, 9.17) is 11.6 Å². The molecule has 0 saturated carbocycles. The lowest BCUT2D eigenvalue weighted by Crippen LogP contribution is -2.46. The topological polar surface area (TPSA) is 96.7 Å². The number of para-hydroxylation sites is 1. The van der Waals surface area contributed by atoms with E-state index in [1.165, 1.54) is 6.07 Å². The van der Waals surface area contributed by atoms with Gasteiger partial charge in [0, 0.05) is 45.2 Å². The monoisotopic (exact) mass is 410 g/mol. The Labute approximate surface area is 162 Å². The molecule has 144 valence electrons. The van der Waals surface area contributed by atoms with Crippen LogP contribution < -0.4 is 4.90 Å². The quantitative estimate of drug-likeness (QED) is 0.424. The lowest BCUT2D eigenvalue weighted by atomic mass is 10.2. The first-order valence-corrected chi connectivity index (χ1v) is 10.6. The Morgan fingerprint density at radius 1 is 1.19 bits per heavy atom. The third-order valence-corrected chi connectivity index (χ3v) is 5.82. The molecule has 1 aromatic carbocycles. The Balaban J connectivity index is 1.76. The molecule has 3 rings (SSSR count). The number of aromatic nitrogens is 1. The van der Waals surface area contributed by atoms with Crippen molar-refractivity contribution < 1.29 is 13.3 Å². The molecule has 0 unspecified atom stereocenters. The van der Waals surface area contributed by atoms with Crippen LogP contribution in [0.15, 0.2) is 41.4 Å². The van der Waals surface area contributed by atoms with Crippen LogP contribution in [0.25, 0.3) is 0 Å². The number of halogens is 1. The number of sulfone groups is 1. The average Bonchev–Trinajstić information content (AvgIpc) is 2.63. The second-order valence-electron chi connectivity index (χ2n) is 6.41. The maximum atomic E-state index is 11.9. The van der Waals surface area contributed by atoms with Gasteiger partial charge >= 0.3 is 5.69 Å². The predicted molar refractivity (Wildman–Crippen MR) is 103 cm³/mol. The summed E-state index contributed by atoms with van der Waals surface area (Å²) in [6, 6.07) is 8.09. The van der Waals surface area contributed by atoms with Crippen LogP contribution in [-0.2, 0) is 16.4 Å². The van der Waals surface area contributed by atoms with Crippen molar-refractivity contribution in [2.45, 2.75) is 11.4 Å². The Bertz CT molecular complexity index is 942. The highest BCUT2D eigenvalue weighted by atomic mass is 35.5. The summed E-state index contributed by atoms with van der Waals surface area (Å²) in [6.45, 7) is 3.24. The van der Waals surface area contributed by atoms with Crippen molar-refractivity contribution in [1.82, 2.24) is 9.88 Å². The summed E-state index contributed by atoms with van der Waals surface area (Å²) in [7, 11) is -3.69. The maximum Gasteiger partial charge on any atom is 0.311 e. The molecule has 1 fully saturated rings. The van der Waals surface area contributed by atoms with Gasteiger partial charge in [0.05, 0.1) is 4.92 Å². The van der Waals surface area contributed by atoms with Gasteiger partial charge in [-0.3, -0.25) is 15.0 Å². The number of pyridine rings is 1. The molecule has 1 saturated heterocycles. The third-order valence-electron chi connectivity index (χ3n) is 4.47. The van der Waals surface area contributed by atoms with Crippen molar-refractivity contribution in [1.29, 1.82) is 0 Å². The number of nitro benzene ring substituents is 1. The van der Waals surface area contributed by atoms with Gasteiger partial charge in [0.25, 0.3) is 0 Å². The molecule has 0 bridgehead atoms. The van der Waals surface area contributed by atoms with Crippen LogP contribution in [0.4, 0.5) is 11.4 Å². The average molecular weight is 411 g/mol. The minimum atomic E-state index is -3.69. The second kappa shape index (κ2) is 7.79. The number of hydrogen-bond donors (Lipinski definition) is 0. The predicted octanol–water partition coefficient (Wildman–Crippen LogP) is 2.37. The highest BCUT2D eigenvalue weighted by Gasteiger charge is 2.30. The van der Waals surface area contributed by atoms with E-state index in [0.29, 0.717) is 43.6 Å². The van der Waals surface area contributed by atoms with Crippen molar-refractivity contribution in [2.24, 2.45) is 0 Å². The molecule has 2 aromatic rings. The van der Waals surface area contributed by atoms with Crippen LogP contribution in [-0.4, -0.2) is 55.7 Å².